The van der Waals surface area contributed by atoms with Crippen molar-refractivity contribution in [2.75, 3.05) is 6.61 Å². The number of rotatable bonds is 11. The maximum absolute atomic E-state index is 13.7. The Morgan fingerprint density at radius 1 is 0.921 bits per heavy atom. The number of hydrogen-bond acceptors (Lipinski definition) is 3. The Labute approximate surface area is 228 Å². The molecule has 5 nitrogen and oxygen atoms in total. The number of nitrogens with zero attached hydrogens (tertiary/aromatic N) is 1. The fraction of sp³-hybridized carbons (Fsp3) is 0.394. The first kappa shape index (κ1) is 29.0. The fourth-order valence-corrected chi connectivity index (χ4v) is 4.28. The van der Waals surface area contributed by atoms with Crippen molar-refractivity contribution in [1.29, 1.82) is 0 Å². The van der Waals surface area contributed by atoms with E-state index in [9.17, 15) is 9.59 Å². The zero-order chi connectivity index (χ0) is 27.7. The SMILES string of the molecule is CCC(C)NC(=O)C(Cc1ccccc1)N(Cc1cccc(C)c1)C(=O)COc1ccc(C(C)(C)C)cc1. The van der Waals surface area contributed by atoms with E-state index in [1.807, 2.05) is 93.6 Å². The third-order valence-electron chi connectivity index (χ3n) is 6.79. The molecule has 2 atom stereocenters. The Morgan fingerprint density at radius 3 is 2.18 bits per heavy atom. The van der Waals surface area contributed by atoms with Crippen molar-refractivity contribution in [2.45, 2.75) is 78.4 Å². The Bertz CT molecular complexity index is 1180. The minimum Gasteiger partial charge on any atom is -0.484 e. The molecule has 2 unspecified atom stereocenters. The van der Waals surface area contributed by atoms with E-state index in [1.54, 1.807) is 4.90 Å². The van der Waals surface area contributed by atoms with Gasteiger partial charge in [0.05, 0.1) is 0 Å². The van der Waals surface area contributed by atoms with E-state index in [4.69, 9.17) is 4.74 Å². The lowest BCUT2D eigenvalue weighted by molar-refractivity contribution is -0.143. The van der Waals surface area contributed by atoms with Crippen molar-refractivity contribution in [2.24, 2.45) is 0 Å². The van der Waals surface area contributed by atoms with Crippen LogP contribution in [-0.2, 0) is 28.0 Å². The predicted octanol–water partition coefficient (Wildman–Crippen LogP) is 6.23. The highest BCUT2D eigenvalue weighted by molar-refractivity contribution is 5.88. The van der Waals surface area contributed by atoms with Crippen LogP contribution in [0.15, 0.2) is 78.9 Å². The summed E-state index contributed by atoms with van der Waals surface area (Å²) >= 11 is 0. The second kappa shape index (κ2) is 13.3. The van der Waals surface area contributed by atoms with Crippen LogP contribution in [0.5, 0.6) is 5.75 Å². The van der Waals surface area contributed by atoms with Gasteiger partial charge >= 0.3 is 0 Å². The Kier molecular flexibility index (Phi) is 10.1. The number of nitrogens with one attached hydrogen (secondary N) is 1. The van der Waals surface area contributed by atoms with Crippen LogP contribution in [0.2, 0.25) is 0 Å². The Balaban J connectivity index is 1.89. The van der Waals surface area contributed by atoms with E-state index in [-0.39, 0.29) is 29.9 Å². The average molecular weight is 515 g/mol. The molecule has 38 heavy (non-hydrogen) atoms. The number of carbonyl (C=O) groups excluding carboxylic acids is 2. The van der Waals surface area contributed by atoms with Crippen molar-refractivity contribution in [1.82, 2.24) is 10.2 Å². The highest BCUT2D eigenvalue weighted by Crippen LogP contribution is 2.24. The molecular formula is C33H42N2O3. The predicted molar refractivity (Wildman–Crippen MR) is 154 cm³/mol. The van der Waals surface area contributed by atoms with E-state index in [1.165, 1.54) is 5.56 Å². The van der Waals surface area contributed by atoms with E-state index in [0.717, 1.165) is 23.1 Å². The topological polar surface area (TPSA) is 58.6 Å². The van der Waals surface area contributed by atoms with Gasteiger partial charge in [-0.3, -0.25) is 9.59 Å². The summed E-state index contributed by atoms with van der Waals surface area (Å²) in [5.41, 5.74) is 4.31. The van der Waals surface area contributed by atoms with Gasteiger partial charge in [0.2, 0.25) is 5.91 Å². The third kappa shape index (κ3) is 8.47. The molecule has 0 aliphatic rings. The van der Waals surface area contributed by atoms with Gasteiger partial charge in [0.1, 0.15) is 11.8 Å². The van der Waals surface area contributed by atoms with Gasteiger partial charge < -0.3 is 15.0 Å². The molecule has 0 aliphatic carbocycles. The van der Waals surface area contributed by atoms with Gasteiger partial charge in [0.25, 0.3) is 5.91 Å². The molecule has 0 heterocycles. The van der Waals surface area contributed by atoms with Crippen LogP contribution in [0.4, 0.5) is 0 Å². The summed E-state index contributed by atoms with van der Waals surface area (Å²) in [5.74, 6) is 0.246. The van der Waals surface area contributed by atoms with Crippen molar-refractivity contribution < 1.29 is 14.3 Å². The monoisotopic (exact) mass is 514 g/mol. The van der Waals surface area contributed by atoms with Crippen LogP contribution in [0.1, 0.15) is 63.3 Å². The highest BCUT2D eigenvalue weighted by atomic mass is 16.5. The standard InChI is InChI=1S/C33H42N2O3/c1-7-25(3)34-32(37)30(21-26-13-9-8-10-14-26)35(22-27-15-11-12-24(2)20-27)31(36)23-38-29-18-16-28(17-19-29)33(4,5)6/h8-20,25,30H,7,21-23H2,1-6H3,(H,34,37). The molecule has 1 N–H and O–H groups in total. The quantitative estimate of drug-likeness (QED) is 0.330. The molecule has 0 aromatic heterocycles. The minimum atomic E-state index is -0.675. The zero-order valence-electron chi connectivity index (χ0n) is 23.7. The van der Waals surface area contributed by atoms with Crippen molar-refractivity contribution in [3.63, 3.8) is 0 Å². The van der Waals surface area contributed by atoms with Crippen LogP contribution in [0.3, 0.4) is 0 Å². The van der Waals surface area contributed by atoms with Crippen molar-refractivity contribution >= 4 is 11.8 Å². The molecule has 2 amide bonds. The summed E-state index contributed by atoms with van der Waals surface area (Å²) in [7, 11) is 0. The van der Waals surface area contributed by atoms with Gasteiger partial charge in [-0.1, -0.05) is 100.0 Å². The summed E-state index contributed by atoms with van der Waals surface area (Å²) in [6.45, 7) is 12.7. The zero-order valence-corrected chi connectivity index (χ0v) is 23.7. The van der Waals surface area contributed by atoms with Crippen LogP contribution in [0.25, 0.3) is 0 Å². The van der Waals surface area contributed by atoms with Gasteiger partial charge in [-0.2, -0.15) is 0 Å². The van der Waals surface area contributed by atoms with Crippen molar-refractivity contribution in [3.05, 3.63) is 101 Å². The number of benzene rings is 3. The van der Waals surface area contributed by atoms with E-state index < -0.39 is 6.04 Å². The molecule has 0 bridgehead atoms. The maximum Gasteiger partial charge on any atom is 0.261 e. The number of ether oxygens (including phenoxy) is 1. The van der Waals surface area contributed by atoms with Crippen LogP contribution in [-0.4, -0.2) is 35.4 Å². The first-order chi connectivity index (χ1) is 18.1. The summed E-state index contributed by atoms with van der Waals surface area (Å²) < 4.78 is 5.94. The summed E-state index contributed by atoms with van der Waals surface area (Å²) in [5, 5.41) is 3.10. The van der Waals surface area contributed by atoms with Crippen LogP contribution < -0.4 is 10.1 Å². The smallest absolute Gasteiger partial charge is 0.261 e. The number of hydrogen-bond donors (Lipinski definition) is 1. The second-order valence-electron chi connectivity index (χ2n) is 11.1. The minimum absolute atomic E-state index is 0.00859. The van der Waals surface area contributed by atoms with E-state index in [2.05, 4.69) is 32.2 Å². The molecule has 0 saturated heterocycles. The molecule has 3 rings (SSSR count). The molecule has 202 valence electrons. The molecular weight excluding hydrogens is 472 g/mol. The number of amides is 2. The molecule has 3 aromatic rings. The van der Waals surface area contributed by atoms with Crippen LogP contribution >= 0.6 is 0 Å². The fourth-order valence-electron chi connectivity index (χ4n) is 4.28. The largest absolute Gasteiger partial charge is 0.484 e. The Morgan fingerprint density at radius 2 is 1.58 bits per heavy atom. The van der Waals surface area contributed by atoms with Gasteiger partial charge in [-0.05, 0) is 54.5 Å². The molecule has 0 fully saturated rings. The van der Waals surface area contributed by atoms with E-state index in [0.29, 0.717) is 18.7 Å². The van der Waals surface area contributed by atoms with Gasteiger partial charge in [-0.15, -0.1) is 0 Å². The Hall–Kier alpha value is -3.60. The number of aryl methyl sites for hydroxylation is 1. The van der Waals surface area contributed by atoms with E-state index >= 15 is 0 Å². The maximum atomic E-state index is 13.7. The van der Waals surface area contributed by atoms with Gasteiger partial charge in [-0.25, -0.2) is 0 Å². The molecule has 0 saturated carbocycles. The molecule has 0 aliphatic heterocycles. The average Bonchev–Trinajstić information content (AvgIpc) is 2.89. The molecule has 0 radical (unpaired) electrons. The van der Waals surface area contributed by atoms with Crippen molar-refractivity contribution in [3.8, 4) is 5.75 Å². The first-order valence-corrected chi connectivity index (χ1v) is 13.5. The third-order valence-corrected chi connectivity index (χ3v) is 6.79. The normalized spacial score (nSPS) is 12.9. The first-order valence-electron chi connectivity index (χ1n) is 13.5. The van der Waals surface area contributed by atoms with Gasteiger partial charge in [0.15, 0.2) is 6.61 Å². The van der Waals surface area contributed by atoms with Crippen LogP contribution in [0, 0.1) is 6.92 Å². The second-order valence-corrected chi connectivity index (χ2v) is 11.1. The highest BCUT2D eigenvalue weighted by Gasteiger charge is 2.31. The molecule has 0 spiro atoms. The summed E-state index contributed by atoms with van der Waals surface area (Å²) in [4.78, 5) is 29.0. The summed E-state index contributed by atoms with van der Waals surface area (Å²) in [6, 6.07) is 25.1. The lowest BCUT2D eigenvalue weighted by Gasteiger charge is -2.32. The summed E-state index contributed by atoms with van der Waals surface area (Å²) in [6.07, 6.45) is 1.23. The molecule has 5 heteroatoms. The lowest BCUT2D eigenvalue weighted by atomic mass is 9.87. The molecule has 3 aromatic carbocycles. The number of carbonyl (C=O) groups is 2. The van der Waals surface area contributed by atoms with Gasteiger partial charge in [0, 0.05) is 19.0 Å². The lowest BCUT2D eigenvalue weighted by Crippen LogP contribution is -2.53.